The molecule has 1 heteroatoms. The first-order chi connectivity index (χ1) is 21.0. The maximum Gasteiger partial charge on any atom is 0.0546 e. The third-order valence-corrected chi connectivity index (χ3v) is 9.37. The first kappa shape index (κ1) is 25.6. The van der Waals surface area contributed by atoms with Crippen LogP contribution < -0.4 is 4.90 Å². The summed E-state index contributed by atoms with van der Waals surface area (Å²) in [5.41, 5.74) is 12.6. The van der Waals surface area contributed by atoms with E-state index in [0.29, 0.717) is 0 Å². The lowest BCUT2D eigenvalue weighted by Crippen LogP contribution is -2.17. The molecule has 0 atom stereocenters. The third-order valence-electron chi connectivity index (χ3n) is 9.37. The molecule has 0 aromatic heterocycles. The van der Waals surface area contributed by atoms with E-state index in [0.717, 1.165) is 0 Å². The molecule has 0 unspecified atom stereocenters. The number of benzene rings is 7. The van der Waals surface area contributed by atoms with Crippen molar-refractivity contribution in [1.29, 1.82) is 0 Å². The largest absolute Gasteiger partial charge is 0.309 e. The van der Waals surface area contributed by atoms with E-state index in [2.05, 4.69) is 171 Å². The summed E-state index contributed by atoms with van der Waals surface area (Å²) in [6, 6.07) is 53.6. The van der Waals surface area contributed by atoms with Crippen molar-refractivity contribution in [1.82, 2.24) is 0 Å². The van der Waals surface area contributed by atoms with Gasteiger partial charge in [0.1, 0.15) is 0 Å². The molecule has 1 nitrogen and oxygen atoms in total. The van der Waals surface area contributed by atoms with Crippen LogP contribution in [0.4, 0.5) is 17.1 Å². The fourth-order valence-electron chi connectivity index (χ4n) is 7.15. The van der Waals surface area contributed by atoms with E-state index in [1.165, 1.54) is 77.6 Å². The van der Waals surface area contributed by atoms with Gasteiger partial charge in [-0.1, -0.05) is 129 Å². The van der Waals surface area contributed by atoms with Crippen molar-refractivity contribution in [3.8, 4) is 22.3 Å². The second-order valence-corrected chi connectivity index (χ2v) is 12.3. The van der Waals surface area contributed by atoms with Gasteiger partial charge in [0.15, 0.2) is 0 Å². The van der Waals surface area contributed by atoms with Crippen molar-refractivity contribution < 1.29 is 0 Å². The molecule has 0 saturated heterocycles. The van der Waals surface area contributed by atoms with Crippen molar-refractivity contribution in [3.05, 3.63) is 162 Å². The highest BCUT2D eigenvalue weighted by Crippen LogP contribution is 2.52. The van der Waals surface area contributed by atoms with Crippen LogP contribution in [0.2, 0.25) is 0 Å². The highest BCUT2D eigenvalue weighted by atomic mass is 15.1. The van der Waals surface area contributed by atoms with Gasteiger partial charge in [-0.25, -0.2) is 0 Å². The minimum Gasteiger partial charge on any atom is -0.309 e. The summed E-state index contributed by atoms with van der Waals surface area (Å²) in [6.07, 6.45) is 0. The molecule has 206 valence electrons. The standard InChI is InChI=1S/C42H33N/c1-28-13-4-8-18-33(28)37-25-30-15-5-6-16-31(30)26-41(37)43(40-22-12-17-29-14-7-9-19-34(29)40)32-23-24-36-35-20-10-11-21-38(35)42(2,3)39(36)27-32/h4-27H,1-3H3. The average Bonchev–Trinajstić information content (AvgIpc) is 3.27. The van der Waals surface area contributed by atoms with Crippen LogP contribution in [0.3, 0.4) is 0 Å². The predicted molar refractivity (Wildman–Crippen MR) is 184 cm³/mol. The van der Waals surface area contributed by atoms with Gasteiger partial charge in [0.2, 0.25) is 0 Å². The Morgan fingerprint density at radius 1 is 0.442 bits per heavy atom. The molecular formula is C42H33N. The van der Waals surface area contributed by atoms with Crippen LogP contribution in [0.5, 0.6) is 0 Å². The van der Waals surface area contributed by atoms with Gasteiger partial charge in [0, 0.05) is 22.1 Å². The first-order valence-electron chi connectivity index (χ1n) is 15.1. The maximum absolute atomic E-state index is 2.50. The molecule has 0 radical (unpaired) electrons. The van der Waals surface area contributed by atoms with Gasteiger partial charge >= 0.3 is 0 Å². The number of anilines is 3. The summed E-state index contributed by atoms with van der Waals surface area (Å²) in [5.74, 6) is 0. The third kappa shape index (κ3) is 4.00. The Labute approximate surface area is 253 Å². The normalized spacial score (nSPS) is 13.2. The van der Waals surface area contributed by atoms with Gasteiger partial charge in [-0.3, -0.25) is 0 Å². The van der Waals surface area contributed by atoms with Crippen LogP contribution in [-0.2, 0) is 5.41 Å². The number of fused-ring (bicyclic) bond motifs is 5. The van der Waals surface area contributed by atoms with Gasteiger partial charge in [-0.15, -0.1) is 0 Å². The second-order valence-electron chi connectivity index (χ2n) is 12.3. The molecule has 0 saturated carbocycles. The molecule has 0 heterocycles. The smallest absolute Gasteiger partial charge is 0.0546 e. The summed E-state index contributed by atoms with van der Waals surface area (Å²) in [5, 5.41) is 4.94. The van der Waals surface area contributed by atoms with Crippen LogP contribution in [0, 0.1) is 6.92 Å². The summed E-state index contributed by atoms with van der Waals surface area (Å²) >= 11 is 0. The zero-order chi connectivity index (χ0) is 29.1. The zero-order valence-corrected chi connectivity index (χ0v) is 24.8. The topological polar surface area (TPSA) is 3.24 Å². The minimum atomic E-state index is -0.0887. The van der Waals surface area contributed by atoms with Crippen molar-refractivity contribution in [3.63, 3.8) is 0 Å². The Bertz CT molecular complexity index is 2180. The first-order valence-corrected chi connectivity index (χ1v) is 15.1. The van der Waals surface area contributed by atoms with E-state index in [9.17, 15) is 0 Å². The fraction of sp³-hybridized carbons (Fsp3) is 0.0952. The molecule has 0 aliphatic heterocycles. The minimum absolute atomic E-state index is 0.0887. The molecule has 0 spiro atoms. The van der Waals surface area contributed by atoms with E-state index in [1.807, 2.05) is 0 Å². The molecule has 43 heavy (non-hydrogen) atoms. The highest BCUT2D eigenvalue weighted by molar-refractivity contribution is 6.04. The lowest BCUT2D eigenvalue weighted by Gasteiger charge is -2.31. The van der Waals surface area contributed by atoms with Crippen LogP contribution in [-0.4, -0.2) is 0 Å². The fourth-order valence-corrected chi connectivity index (χ4v) is 7.15. The summed E-state index contributed by atoms with van der Waals surface area (Å²) in [4.78, 5) is 2.50. The molecule has 0 fully saturated rings. The highest BCUT2D eigenvalue weighted by Gasteiger charge is 2.36. The van der Waals surface area contributed by atoms with Gasteiger partial charge in [0.25, 0.3) is 0 Å². The molecule has 1 aliphatic rings. The summed E-state index contributed by atoms with van der Waals surface area (Å²) < 4.78 is 0. The van der Waals surface area contributed by atoms with Crippen molar-refractivity contribution in [2.24, 2.45) is 0 Å². The van der Waals surface area contributed by atoms with Crippen LogP contribution in [0.1, 0.15) is 30.5 Å². The van der Waals surface area contributed by atoms with E-state index >= 15 is 0 Å². The molecule has 0 amide bonds. The molecule has 8 rings (SSSR count). The SMILES string of the molecule is Cc1ccccc1-c1cc2ccccc2cc1N(c1ccc2c(c1)C(C)(C)c1ccccc1-2)c1cccc2ccccc12. The van der Waals surface area contributed by atoms with Gasteiger partial charge in [-0.2, -0.15) is 0 Å². The Morgan fingerprint density at radius 2 is 1.07 bits per heavy atom. The average molecular weight is 552 g/mol. The molecule has 0 bridgehead atoms. The molecule has 7 aromatic carbocycles. The Kier molecular flexibility index (Phi) is 5.77. The number of nitrogens with zero attached hydrogens (tertiary/aromatic N) is 1. The molecule has 7 aromatic rings. The lowest BCUT2D eigenvalue weighted by atomic mass is 9.82. The van der Waals surface area contributed by atoms with E-state index in [1.54, 1.807) is 0 Å². The van der Waals surface area contributed by atoms with E-state index in [4.69, 9.17) is 0 Å². The maximum atomic E-state index is 2.50. The number of hydrogen-bond acceptors (Lipinski definition) is 1. The Morgan fingerprint density at radius 3 is 1.88 bits per heavy atom. The molecule has 1 aliphatic carbocycles. The number of rotatable bonds is 4. The van der Waals surface area contributed by atoms with Crippen molar-refractivity contribution in [2.45, 2.75) is 26.2 Å². The van der Waals surface area contributed by atoms with Crippen molar-refractivity contribution in [2.75, 3.05) is 4.90 Å². The lowest BCUT2D eigenvalue weighted by molar-refractivity contribution is 0.660. The van der Waals surface area contributed by atoms with Crippen LogP contribution in [0.25, 0.3) is 43.8 Å². The van der Waals surface area contributed by atoms with Gasteiger partial charge < -0.3 is 4.90 Å². The molecular weight excluding hydrogens is 518 g/mol. The van der Waals surface area contributed by atoms with Gasteiger partial charge in [0.05, 0.1) is 11.4 Å². The van der Waals surface area contributed by atoms with Gasteiger partial charge in [-0.05, 0) is 86.8 Å². The second kappa shape index (κ2) is 9.71. The van der Waals surface area contributed by atoms with Crippen LogP contribution in [0.15, 0.2) is 146 Å². The zero-order valence-electron chi connectivity index (χ0n) is 24.8. The van der Waals surface area contributed by atoms with Crippen LogP contribution >= 0.6 is 0 Å². The number of aryl methyl sites for hydroxylation is 1. The van der Waals surface area contributed by atoms with E-state index in [-0.39, 0.29) is 5.41 Å². The monoisotopic (exact) mass is 551 g/mol. The Balaban J connectivity index is 1.46. The molecule has 0 N–H and O–H groups in total. The number of hydrogen-bond donors (Lipinski definition) is 0. The predicted octanol–water partition coefficient (Wildman–Crippen LogP) is 11.7. The quantitative estimate of drug-likeness (QED) is 0.210. The Hall–Kier alpha value is -5.14. The summed E-state index contributed by atoms with van der Waals surface area (Å²) in [6.45, 7) is 6.93. The van der Waals surface area contributed by atoms with E-state index < -0.39 is 0 Å². The van der Waals surface area contributed by atoms with Crippen molar-refractivity contribution >= 4 is 38.6 Å². The summed E-state index contributed by atoms with van der Waals surface area (Å²) in [7, 11) is 0.